The van der Waals surface area contributed by atoms with Gasteiger partial charge in [0.1, 0.15) is 5.02 Å². The van der Waals surface area contributed by atoms with Gasteiger partial charge in [0.05, 0.1) is 5.56 Å². The Hall–Kier alpha value is -2.81. The van der Waals surface area contributed by atoms with Crippen LogP contribution in [-0.4, -0.2) is 52.8 Å². The molecule has 10 heteroatoms. The van der Waals surface area contributed by atoms with Crippen LogP contribution in [0.4, 0.5) is 8.78 Å². The number of halogens is 3. The van der Waals surface area contributed by atoms with Gasteiger partial charge in [0.25, 0.3) is 12.3 Å². The largest absolute Gasteiger partial charge is 0.471 e. The van der Waals surface area contributed by atoms with Gasteiger partial charge in [0.2, 0.25) is 11.8 Å². The molecule has 0 bridgehead atoms. The standard InChI is InChI=1S/C20H23ClF2N4O3/c1-13(2)20(29)27(7-6-25-18(28)15-4-3-5-24-10-15)11-14-8-16(21)19(26-9-14)30-12-17(22)23/h3-5,8-10,13,17H,6-7,11-12H2,1-2H3,(H,25,28). The second-order valence-corrected chi connectivity index (χ2v) is 7.15. The lowest BCUT2D eigenvalue weighted by Crippen LogP contribution is -2.40. The third-order valence-corrected chi connectivity index (χ3v) is 4.25. The summed E-state index contributed by atoms with van der Waals surface area (Å²) in [7, 11) is 0. The van der Waals surface area contributed by atoms with Crippen molar-refractivity contribution in [3.05, 3.63) is 52.9 Å². The van der Waals surface area contributed by atoms with Crippen molar-refractivity contribution in [3.8, 4) is 5.88 Å². The highest BCUT2D eigenvalue weighted by Gasteiger charge is 2.19. The van der Waals surface area contributed by atoms with E-state index in [9.17, 15) is 18.4 Å². The van der Waals surface area contributed by atoms with Crippen LogP contribution in [0.1, 0.15) is 29.8 Å². The molecule has 2 amide bonds. The number of carbonyl (C=O) groups is 2. The van der Waals surface area contributed by atoms with Crippen LogP contribution in [0.25, 0.3) is 0 Å². The summed E-state index contributed by atoms with van der Waals surface area (Å²) in [6.07, 6.45) is 1.81. The molecule has 0 saturated carbocycles. The molecule has 2 aromatic heterocycles. The van der Waals surface area contributed by atoms with Crippen LogP contribution in [0.5, 0.6) is 5.88 Å². The Bertz CT molecular complexity index is 853. The summed E-state index contributed by atoms with van der Waals surface area (Å²) in [6, 6.07) is 4.82. The molecule has 0 spiro atoms. The van der Waals surface area contributed by atoms with Gasteiger partial charge in [0, 0.05) is 44.1 Å². The Kier molecular flexibility index (Phi) is 8.91. The third-order valence-electron chi connectivity index (χ3n) is 3.98. The van der Waals surface area contributed by atoms with Gasteiger partial charge in [-0.05, 0) is 23.8 Å². The smallest absolute Gasteiger partial charge is 0.272 e. The molecule has 0 aromatic carbocycles. The summed E-state index contributed by atoms with van der Waals surface area (Å²) in [5.74, 6) is -0.743. The average Bonchev–Trinajstić information content (AvgIpc) is 2.72. The van der Waals surface area contributed by atoms with E-state index >= 15 is 0 Å². The molecule has 0 aliphatic heterocycles. The number of hydrogen-bond acceptors (Lipinski definition) is 5. The van der Waals surface area contributed by atoms with Crippen molar-refractivity contribution in [2.24, 2.45) is 5.92 Å². The van der Waals surface area contributed by atoms with Gasteiger partial charge < -0.3 is 15.0 Å². The Balaban J connectivity index is 2.00. The zero-order valence-corrected chi connectivity index (χ0v) is 17.4. The van der Waals surface area contributed by atoms with E-state index in [2.05, 4.69) is 15.3 Å². The van der Waals surface area contributed by atoms with Crippen molar-refractivity contribution in [3.63, 3.8) is 0 Å². The highest BCUT2D eigenvalue weighted by molar-refractivity contribution is 6.31. The minimum atomic E-state index is -2.64. The van der Waals surface area contributed by atoms with Gasteiger partial charge in [-0.1, -0.05) is 25.4 Å². The van der Waals surface area contributed by atoms with Crippen LogP contribution in [0.15, 0.2) is 36.8 Å². The van der Waals surface area contributed by atoms with Crippen molar-refractivity contribution >= 4 is 23.4 Å². The maximum Gasteiger partial charge on any atom is 0.272 e. The lowest BCUT2D eigenvalue weighted by atomic mass is 10.1. The van der Waals surface area contributed by atoms with E-state index in [4.69, 9.17) is 16.3 Å². The first-order valence-electron chi connectivity index (χ1n) is 9.30. The maximum atomic E-state index is 12.6. The molecule has 0 fully saturated rings. The predicted molar refractivity (Wildman–Crippen MR) is 108 cm³/mol. The van der Waals surface area contributed by atoms with Crippen LogP contribution < -0.4 is 10.1 Å². The molecule has 2 heterocycles. The number of nitrogens with zero attached hydrogens (tertiary/aromatic N) is 3. The van der Waals surface area contributed by atoms with Gasteiger partial charge in [-0.3, -0.25) is 14.6 Å². The first-order valence-corrected chi connectivity index (χ1v) is 9.68. The third kappa shape index (κ3) is 7.22. The topological polar surface area (TPSA) is 84.4 Å². The van der Waals surface area contributed by atoms with E-state index in [1.165, 1.54) is 18.5 Å². The number of hydrogen-bond donors (Lipinski definition) is 1. The molecule has 0 aliphatic rings. The number of rotatable bonds is 10. The number of nitrogens with one attached hydrogen (secondary N) is 1. The van der Waals surface area contributed by atoms with E-state index in [1.54, 1.807) is 37.1 Å². The quantitative estimate of drug-likeness (QED) is 0.613. The minimum Gasteiger partial charge on any atom is -0.471 e. The second kappa shape index (κ2) is 11.4. The van der Waals surface area contributed by atoms with Crippen molar-refractivity contribution in [2.45, 2.75) is 26.8 Å². The Morgan fingerprint density at radius 1 is 1.30 bits per heavy atom. The Morgan fingerprint density at radius 3 is 2.67 bits per heavy atom. The van der Waals surface area contributed by atoms with E-state index in [1.807, 2.05) is 0 Å². The van der Waals surface area contributed by atoms with Crippen LogP contribution >= 0.6 is 11.6 Å². The minimum absolute atomic E-state index is 0.0787. The molecule has 7 nitrogen and oxygen atoms in total. The van der Waals surface area contributed by atoms with Crippen molar-refractivity contribution in [1.82, 2.24) is 20.2 Å². The van der Waals surface area contributed by atoms with Gasteiger partial charge >= 0.3 is 0 Å². The Morgan fingerprint density at radius 2 is 2.07 bits per heavy atom. The highest BCUT2D eigenvalue weighted by Crippen LogP contribution is 2.23. The molecular weight excluding hydrogens is 418 g/mol. The fraction of sp³-hybridized carbons (Fsp3) is 0.400. The molecule has 30 heavy (non-hydrogen) atoms. The molecular formula is C20H23ClF2N4O3. The van der Waals surface area contributed by atoms with E-state index < -0.39 is 13.0 Å². The summed E-state index contributed by atoms with van der Waals surface area (Å²) in [5, 5.41) is 2.83. The van der Waals surface area contributed by atoms with Crippen LogP contribution in [0.2, 0.25) is 5.02 Å². The van der Waals surface area contributed by atoms with Gasteiger partial charge in [0.15, 0.2) is 6.61 Å². The lowest BCUT2D eigenvalue weighted by molar-refractivity contribution is -0.135. The summed E-state index contributed by atoms with van der Waals surface area (Å²) >= 11 is 6.05. The molecule has 1 N–H and O–H groups in total. The number of ether oxygens (including phenoxy) is 1. The summed E-state index contributed by atoms with van der Waals surface area (Å²) < 4.78 is 29.4. The fourth-order valence-electron chi connectivity index (χ4n) is 2.56. The normalized spacial score (nSPS) is 10.9. The van der Waals surface area contributed by atoms with Gasteiger partial charge in [-0.2, -0.15) is 0 Å². The zero-order chi connectivity index (χ0) is 22.1. The number of carbonyl (C=O) groups excluding carboxylic acids is 2. The lowest BCUT2D eigenvalue weighted by Gasteiger charge is -2.25. The van der Waals surface area contributed by atoms with Crippen LogP contribution in [0, 0.1) is 5.92 Å². The van der Waals surface area contributed by atoms with E-state index in [0.29, 0.717) is 11.1 Å². The fourth-order valence-corrected chi connectivity index (χ4v) is 2.80. The van der Waals surface area contributed by atoms with Crippen molar-refractivity contribution in [1.29, 1.82) is 0 Å². The van der Waals surface area contributed by atoms with E-state index in [0.717, 1.165) is 0 Å². The zero-order valence-electron chi connectivity index (χ0n) is 16.6. The molecule has 0 aliphatic carbocycles. The molecule has 2 aromatic rings. The summed E-state index contributed by atoms with van der Waals surface area (Å²) in [6.45, 7) is 3.45. The van der Waals surface area contributed by atoms with Crippen LogP contribution in [-0.2, 0) is 11.3 Å². The summed E-state index contributed by atoms with van der Waals surface area (Å²) in [5.41, 5.74) is 1.03. The molecule has 0 unspecified atom stereocenters. The Labute approximate surface area is 178 Å². The van der Waals surface area contributed by atoms with Crippen LogP contribution in [0.3, 0.4) is 0 Å². The molecule has 0 atom stereocenters. The molecule has 2 rings (SSSR count). The number of pyridine rings is 2. The summed E-state index contributed by atoms with van der Waals surface area (Å²) in [4.78, 5) is 34.1. The molecule has 0 radical (unpaired) electrons. The number of alkyl halides is 2. The SMILES string of the molecule is CC(C)C(=O)N(CCNC(=O)c1cccnc1)Cc1cnc(OCC(F)F)c(Cl)c1. The van der Waals surface area contributed by atoms with Crippen molar-refractivity contribution in [2.75, 3.05) is 19.7 Å². The number of aromatic nitrogens is 2. The first kappa shape index (κ1) is 23.5. The maximum absolute atomic E-state index is 12.6. The van der Waals surface area contributed by atoms with Crippen molar-refractivity contribution < 1.29 is 23.1 Å². The van der Waals surface area contributed by atoms with E-state index in [-0.39, 0.29) is 48.3 Å². The molecule has 0 saturated heterocycles. The second-order valence-electron chi connectivity index (χ2n) is 6.74. The van der Waals surface area contributed by atoms with Gasteiger partial charge in [-0.15, -0.1) is 0 Å². The average molecular weight is 441 g/mol. The van der Waals surface area contributed by atoms with Gasteiger partial charge in [-0.25, -0.2) is 13.8 Å². The highest BCUT2D eigenvalue weighted by atomic mass is 35.5. The molecule has 162 valence electrons. The number of amides is 2. The first-order chi connectivity index (χ1) is 14.3. The predicted octanol–water partition coefficient (Wildman–Crippen LogP) is 3.19. The monoisotopic (exact) mass is 440 g/mol.